The third-order valence-corrected chi connectivity index (χ3v) is 5.04. The van der Waals surface area contributed by atoms with Crippen molar-refractivity contribution in [1.82, 2.24) is 5.16 Å². The van der Waals surface area contributed by atoms with Crippen LogP contribution >= 0.6 is 0 Å². The van der Waals surface area contributed by atoms with Crippen molar-refractivity contribution >= 4 is 11.4 Å². The third-order valence-electron chi connectivity index (χ3n) is 5.04. The van der Waals surface area contributed by atoms with Crippen LogP contribution < -0.4 is 4.90 Å². The molecule has 0 saturated carbocycles. The second-order valence-corrected chi connectivity index (χ2v) is 6.20. The number of allylic oxidation sites excluding steroid dienone is 1. The minimum Gasteiger partial charge on any atom is -0.395 e. The van der Waals surface area contributed by atoms with Crippen molar-refractivity contribution in [2.75, 3.05) is 0 Å². The molecular weight excluding hydrogens is 332 g/mol. The summed E-state index contributed by atoms with van der Waals surface area (Å²) in [5.41, 5.74) is 1.30. The number of nitrogens with zero attached hydrogens (tertiary/aromatic N) is 4. The highest BCUT2D eigenvalue weighted by atomic mass is 16.9. The second-order valence-electron chi connectivity index (χ2n) is 6.20. The molecule has 3 aliphatic rings. The van der Waals surface area contributed by atoms with Crippen LogP contribution in [0.25, 0.3) is 5.70 Å². The fraction of sp³-hybridized carbons (Fsp3) is 0.267. The molecule has 1 aliphatic heterocycles. The Kier molecular flexibility index (Phi) is 2.55. The maximum absolute atomic E-state index is 12.4. The quantitative estimate of drug-likeness (QED) is 0.426. The fourth-order valence-corrected chi connectivity index (χ4v) is 4.04. The normalized spacial score (nSPS) is 26.1. The van der Waals surface area contributed by atoms with Gasteiger partial charge in [-0.2, -0.15) is 0 Å². The summed E-state index contributed by atoms with van der Waals surface area (Å²) >= 11 is 0. The number of hydrogen-bond acceptors (Lipinski definition) is 7. The maximum atomic E-state index is 12.4. The summed E-state index contributed by atoms with van der Waals surface area (Å²) < 4.78 is 4.60. The summed E-state index contributed by atoms with van der Waals surface area (Å²) in [6.07, 6.45) is 1.16. The molecule has 3 atom stereocenters. The summed E-state index contributed by atoms with van der Waals surface area (Å²) in [6.45, 7) is 0. The predicted molar refractivity (Wildman–Crippen MR) is 79.3 cm³/mol. The second kappa shape index (κ2) is 4.56. The summed E-state index contributed by atoms with van der Waals surface area (Å²) in [6, 6.07) is 7.55. The van der Waals surface area contributed by atoms with E-state index in [4.69, 9.17) is 4.84 Å². The minimum absolute atomic E-state index is 0.0149. The van der Waals surface area contributed by atoms with Crippen LogP contribution in [-0.4, -0.2) is 20.7 Å². The molecule has 2 heterocycles. The van der Waals surface area contributed by atoms with E-state index in [1.54, 1.807) is 0 Å². The SMILES string of the molecule is O=[N+]([O-])C1=CC2=[N+]([O-])O[C@@H]3c4ccccc4C[C@@H]3[C@H]2c2c1no[n+]2[O-]. The molecule has 0 N–H and O–H groups in total. The van der Waals surface area contributed by atoms with Crippen LogP contribution in [0, 0.1) is 26.4 Å². The van der Waals surface area contributed by atoms with E-state index in [9.17, 15) is 20.5 Å². The lowest BCUT2D eigenvalue weighted by atomic mass is 9.77. The number of nitro groups is 1. The van der Waals surface area contributed by atoms with E-state index in [0.717, 1.165) is 17.2 Å². The number of aromatic nitrogens is 2. The zero-order valence-electron chi connectivity index (χ0n) is 12.6. The average molecular weight is 342 g/mol. The van der Waals surface area contributed by atoms with Crippen molar-refractivity contribution in [2.24, 2.45) is 5.92 Å². The minimum atomic E-state index is -0.700. The number of rotatable bonds is 1. The van der Waals surface area contributed by atoms with Gasteiger partial charge in [-0.25, -0.2) is 0 Å². The van der Waals surface area contributed by atoms with Crippen LogP contribution in [0.1, 0.15) is 34.5 Å². The first-order valence-corrected chi connectivity index (χ1v) is 7.61. The van der Waals surface area contributed by atoms with Gasteiger partial charge in [0.2, 0.25) is 5.69 Å². The lowest BCUT2D eigenvalue weighted by Crippen LogP contribution is -2.44. The Balaban J connectivity index is 1.73. The molecule has 0 saturated heterocycles. The Hall–Kier alpha value is -3.43. The monoisotopic (exact) mass is 342 g/mol. The average Bonchev–Trinajstić information content (AvgIpc) is 3.15. The molecule has 5 rings (SSSR count). The Morgan fingerprint density at radius 2 is 2.08 bits per heavy atom. The first kappa shape index (κ1) is 14.0. The Morgan fingerprint density at radius 1 is 1.28 bits per heavy atom. The standard InChI is InChI=1S/C15H10N4O6/c20-17(21)11-6-10-12(14-13(11)16-25-19(14)23)9-5-7-3-1-2-4-8(7)15(9)24-18(10)22/h1-4,6,9,12,15H,5H2/t9-,12-,15-/m1/s1. The van der Waals surface area contributed by atoms with Gasteiger partial charge in [0.25, 0.3) is 5.71 Å². The first-order valence-electron chi connectivity index (χ1n) is 7.61. The first-order chi connectivity index (χ1) is 12.1. The molecule has 0 spiro atoms. The van der Waals surface area contributed by atoms with Crippen LogP contribution in [0.3, 0.4) is 0 Å². The van der Waals surface area contributed by atoms with Gasteiger partial charge in [0.15, 0.2) is 0 Å². The van der Waals surface area contributed by atoms with Crippen LogP contribution in [0.4, 0.5) is 0 Å². The van der Waals surface area contributed by atoms with E-state index in [1.165, 1.54) is 0 Å². The van der Waals surface area contributed by atoms with Crippen LogP contribution in [0.5, 0.6) is 0 Å². The predicted octanol–water partition coefficient (Wildman–Crippen LogP) is 0.833. The molecule has 25 heavy (non-hydrogen) atoms. The summed E-state index contributed by atoms with van der Waals surface area (Å²) in [4.78, 5) is 16.5. The smallest absolute Gasteiger partial charge is 0.333 e. The molecule has 0 unspecified atom stereocenters. The summed E-state index contributed by atoms with van der Waals surface area (Å²) in [5.74, 6) is -0.938. The van der Waals surface area contributed by atoms with Crippen molar-refractivity contribution < 1.29 is 24.2 Å². The van der Waals surface area contributed by atoms with Crippen molar-refractivity contribution in [2.45, 2.75) is 18.4 Å². The summed E-state index contributed by atoms with van der Waals surface area (Å²) in [7, 11) is 0. The highest BCUT2D eigenvalue weighted by Gasteiger charge is 2.56. The van der Waals surface area contributed by atoms with E-state index < -0.39 is 22.6 Å². The largest absolute Gasteiger partial charge is 0.395 e. The summed E-state index contributed by atoms with van der Waals surface area (Å²) in [5, 5.41) is 39.4. The molecule has 10 nitrogen and oxygen atoms in total. The number of benzene rings is 1. The highest BCUT2D eigenvalue weighted by molar-refractivity contribution is 6.03. The number of hydrogen-bond donors (Lipinski definition) is 0. The molecule has 1 aromatic heterocycles. The van der Waals surface area contributed by atoms with E-state index >= 15 is 0 Å². The van der Waals surface area contributed by atoms with Crippen molar-refractivity contribution in [3.63, 3.8) is 0 Å². The molecule has 10 heteroatoms. The molecule has 2 aromatic rings. The molecular formula is C15H10N4O6. The Morgan fingerprint density at radius 3 is 2.88 bits per heavy atom. The van der Waals surface area contributed by atoms with Gasteiger partial charge in [-0.05, 0) is 22.5 Å². The van der Waals surface area contributed by atoms with Gasteiger partial charge >= 0.3 is 11.4 Å². The van der Waals surface area contributed by atoms with Gasteiger partial charge < -0.3 is 10.0 Å². The zero-order chi connectivity index (χ0) is 17.3. The lowest BCUT2D eigenvalue weighted by molar-refractivity contribution is -0.810. The Labute approximate surface area is 139 Å². The van der Waals surface area contributed by atoms with Crippen molar-refractivity contribution in [1.29, 1.82) is 0 Å². The van der Waals surface area contributed by atoms with Gasteiger partial charge in [-0.1, -0.05) is 24.3 Å². The molecule has 0 radical (unpaired) electrons. The molecule has 0 bridgehead atoms. The zero-order valence-corrected chi connectivity index (χ0v) is 12.6. The van der Waals surface area contributed by atoms with Gasteiger partial charge in [-0.3, -0.25) is 20.0 Å². The maximum Gasteiger partial charge on any atom is 0.333 e. The third kappa shape index (κ3) is 1.70. The van der Waals surface area contributed by atoms with E-state index in [2.05, 4.69) is 9.79 Å². The topological polar surface area (TPSA) is 131 Å². The van der Waals surface area contributed by atoms with Crippen LogP contribution in [0.2, 0.25) is 0 Å². The molecule has 0 fully saturated rings. The van der Waals surface area contributed by atoms with Crippen LogP contribution in [0.15, 0.2) is 35.0 Å². The molecule has 126 valence electrons. The highest BCUT2D eigenvalue weighted by Crippen LogP contribution is 2.50. The van der Waals surface area contributed by atoms with Gasteiger partial charge in [-0.15, -0.1) is 0 Å². The fourth-order valence-electron chi connectivity index (χ4n) is 4.04. The molecule has 0 amide bonds. The van der Waals surface area contributed by atoms with Gasteiger partial charge in [0, 0.05) is 10.8 Å². The Bertz CT molecular complexity index is 994. The van der Waals surface area contributed by atoms with Crippen LogP contribution in [-0.2, 0) is 11.3 Å². The van der Waals surface area contributed by atoms with Gasteiger partial charge in [0.1, 0.15) is 5.92 Å². The van der Waals surface area contributed by atoms with E-state index in [1.807, 2.05) is 24.3 Å². The van der Waals surface area contributed by atoms with E-state index in [-0.39, 0.29) is 32.8 Å². The van der Waals surface area contributed by atoms with Crippen molar-refractivity contribution in [3.8, 4) is 0 Å². The lowest BCUT2D eigenvalue weighted by Gasteiger charge is -2.33. The molecule has 2 aliphatic carbocycles. The van der Waals surface area contributed by atoms with Gasteiger partial charge in [0.05, 0.1) is 22.3 Å². The van der Waals surface area contributed by atoms with Crippen molar-refractivity contribution in [3.05, 3.63) is 73.4 Å². The number of fused-ring (bicyclic) bond motifs is 7. The molecule has 1 aromatic carbocycles. The van der Waals surface area contributed by atoms with E-state index in [0.29, 0.717) is 6.42 Å².